The summed E-state index contributed by atoms with van der Waals surface area (Å²) in [5, 5.41) is 3.93. The van der Waals surface area contributed by atoms with Crippen molar-refractivity contribution in [3.63, 3.8) is 0 Å². The Balaban J connectivity index is 2.00. The standard InChI is InChI=1S/C13H14N2O2S/c1-8-6-12(10(3)17-8)13(16)15-14-7-11-5-4-9(2)18-11/h4-7H,1-3H3,(H,15,16)/b14-7-. The smallest absolute Gasteiger partial charge is 0.274 e. The van der Waals surface area contributed by atoms with E-state index < -0.39 is 0 Å². The van der Waals surface area contributed by atoms with Gasteiger partial charge in [-0.3, -0.25) is 4.79 Å². The average molecular weight is 262 g/mol. The fraction of sp³-hybridized carbons (Fsp3) is 0.231. The zero-order valence-corrected chi connectivity index (χ0v) is 11.3. The van der Waals surface area contributed by atoms with Crippen molar-refractivity contribution in [3.05, 3.63) is 45.0 Å². The van der Waals surface area contributed by atoms with Gasteiger partial charge in [0.1, 0.15) is 11.5 Å². The second kappa shape index (κ2) is 5.18. The minimum atomic E-state index is -0.256. The number of hydrogen-bond donors (Lipinski definition) is 1. The van der Waals surface area contributed by atoms with Gasteiger partial charge < -0.3 is 4.42 Å². The lowest BCUT2D eigenvalue weighted by Crippen LogP contribution is -2.17. The van der Waals surface area contributed by atoms with Crippen LogP contribution in [0.3, 0.4) is 0 Å². The first-order chi connectivity index (χ1) is 8.56. The summed E-state index contributed by atoms with van der Waals surface area (Å²) in [4.78, 5) is 14.0. The van der Waals surface area contributed by atoms with Gasteiger partial charge in [-0.15, -0.1) is 11.3 Å². The summed E-state index contributed by atoms with van der Waals surface area (Å²) in [6.07, 6.45) is 1.64. The molecule has 4 nitrogen and oxygen atoms in total. The van der Waals surface area contributed by atoms with Gasteiger partial charge in [0, 0.05) is 9.75 Å². The molecule has 18 heavy (non-hydrogen) atoms. The van der Waals surface area contributed by atoms with E-state index in [1.807, 2.05) is 26.0 Å². The van der Waals surface area contributed by atoms with Gasteiger partial charge in [0.2, 0.25) is 0 Å². The fourth-order valence-electron chi connectivity index (χ4n) is 1.59. The van der Waals surface area contributed by atoms with E-state index in [0.717, 1.165) is 10.6 Å². The second-order valence-electron chi connectivity index (χ2n) is 3.97. The summed E-state index contributed by atoms with van der Waals surface area (Å²) in [6, 6.07) is 5.68. The Labute approximate surface area is 109 Å². The predicted octanol–water partition coefficient (Wildman–Crippen LogP) is 3.03. The van der Waals surface area contributed by atoms with Crippen LogP contribution in [0.25, 0.3) is 0 Å². The van der Waals surface area contributed by atoms with Crippen LogP contribution in [0.1, 0.15) is 31.6 Å². The molecule has 0 aromatic carbocycles. The second-order valence-corrected chi connectivity index (χ2v) is 5.29. The van der Waals surface area contributed by atoms with Gasteiger partial charge in [-0.1, -0.05) is 0 Å². The Morgan fingerprint density at radius 3 is 2.72 bits per heavy atom. The first kappa shape index (κ1) is 12.6. The number of thiophene rings is 1. The molecule has 2 aromatic rings. The molecule has 0 radical (unpaired) electrons. The number of furan rings is 1. The number of rotatable bonds is 3. The summed E-state index contributed by atoms with van der Waals surface area (Å²) < 4.78 is 5.29. The molecule has 0 aliphatic heterocycles. The van der Waals surface area contributed by atoms with Crippen molar-refractivity contribution in [2.45, 2.75) is 20.8 Å². The zero-order valence-electron chi connectivity index (χ0n) is 10.5. The Morgan fingerprint density at radius 2 is 2.17 bits per heavy atom. The first-order valence-corrected chi connectivity index (χ1v) is 6.35. The van der Waals surface area contributed by atoms with E-state index in [0.29, 0.717) is 11.3 Å². The maximum atomic E-state index is 11.8. The van der Waals surface area contributed by atoms with Gasteiger partial charge in [0.25, 0.3) is 5.91 Å². The summed E-state index contributed by atoms with van der Waals surface area (Å²) in [7, 11) is 0. The minimum Gasteiger partial charge on any atom is -0.466 e. The Bertz CT molecular complexity index is 596. The number of hydrazone groups is 1. The maximum Gasteiger partial charge on any atom is 0.274 e. The molecule has 2 aromatic heterocycles. The van der Waals surface area contributed by atoms with Crippen molar-refractivity contribution >= 4 is 23.5 Å². The average Bonchev–Trinajstić information content (AvgIpc) is 2.85. The number of carbonyl (C=O) groups is 1. The van der Waals surface area contributed by atoms with Crippen molar-refractivity contribution in [3.8, 4) is 0 Å². The summed E-state index contributed by atoms with van der Waals surface area (Å²) in [6.45, 7) is 5.59. The van der Waals surface area contributed by atoms with Crippen molar-refractivity contribution < 1.29 is 9.21 Å². The zero-order chi connectivity index (χ0) is 13.1. The predicted molar refractivity (Wildman–Crippen MR) is 72.3 cm³/mol. The van der Waals surface area contributed by atoms with Crippen LogP contribution in [-0.2, 0) is 0 Å². The van der Waals surface area contributed by atoms with E-state index in [9.17, 15) is 4.79 Å². The molecule has 1 amide bonds. The fourth-order valence-corrected chi connectivity index (χ4v) is 2.34. The molecule has 0 unspecified atom stereocenters. The number of carbonyl (C=O) groups excluding carboxylic acids is 1. The van der Waals surface area contributed by atoms with E-state index in [-0.39, 0.29) is 5.91 Å². The molecule has 0 aliphatic rings. The normalized spacial score (nSPS) is 11.1. The molecular weight excluding hydrogens is 248 g/mol. The van der Waals surface area contributed by atoms with Crippen molar-refractivity contribution in [1.29, 1.82) is 0 Å². The largest absolute Gasteiger partial charge is 0.466 e. The molecule has 0 saturated heterocycles. The molecule has 0 fully saturated rings. The number of nitrogens with one attached hydrogen (secondary N) is 1. The molecule has 0 bridgehead atoms. The number of nitrogens with zero attached hydrogens (tertiary/aromatic N) is 1. The van der Waals surface area contributed by atoms with Crippen LogP contribution in [0.5, 0.6) is 0 Å². The number of hydrogen-bond acceptors (Lipinski definition) is 4. The lowest BCUT2D eigenvalue weighted by atomic mass is 10.2. The van der Waals surface area contributed by atoms with Crippen molar-refractivity contribution in [2.75, 3.05) is 0 Å². The number of amides is 1. The lowest BCUT2D eigenvalue weighted by molar-refractivity contribution is 0.0953. The number of aryl methyl sites for hydroxylation is 3. The topological polar surface area (TPSA) is 54.6 Å². The lowest BCUT2D eigenvalue weighted by Gasteiger charge is -1.96. The maximum absolute atomic E-state index is 11.8. The third-order valence-corrected chi connectivity index (χ3v) is 3.34. The molecule has 0 saturated carbocycles. The van der Waals surface area contributed by atoms with E-state index in [4.69, 9.17) is 4.42 Å². The molecule has 94 valence electrons. The van der Waals surface area contributed by atoms with Gasteiger partial charge in [-0.2, -0.15) is 5.10 Å². The SMILES string of the molecule is Cc1cc(C(=O)N/N=C\c2ccc(C)s2)c(C)o1. The van der Waals surface area contributed by atoms with Crippen LogP contribution in [0, 0.1) is 20.8 Å². The highest BCUT2D eigenvalue weighted by Crippen LogP contribution is 2.14. The first-order valence-electron chi connectivity index (χ1n) is 5.53. The van der Waals surface area contributed by atoms with Gasteiger partial charge in [-0.25, -0.2) is 5.43 Å². The Hall–Kier alpha value is -1.88. The summed E-state index contributed by atoms with van der Waals surface area (Å²) in [5.74, 6) is 1.07. The molecule has 2 rings (SSSR count). The molecule has 0 aliphatic carbocycles. The third-order valence-electron chi connectivity index (χ3n) is 2.40. The monoisotopic (exact) mass is 262 g/mol. The van der Waals surface area contributed by atoms with E-state index >= 15 is 0 Å². The molecule has 5 heteroatoms. The van der Waals surface area contributed by atoms with Crippen LogP contribution in [0.15, 0.2) is 27.7 Å². The van der Waals surface area contributed by atoms with Crippen LogP contribution >= 0.6 is 11.3 Å². The minimum absolute atomic E-state index is 0.256. The van der Waals surface area contributed by atoms with Crippen molar-refractivity contribution in [2.24, 2.45) is 5.10 Å². The highest BCUT2D eigenvalue weighted by Gasteiger charge is 2.12. The van der Waals surface area contributed by atoms with Gasteiger partial charge in [0.05, 0.1) is 11.8 Å². The van der Waals surface area contributed by atoms with E-state index in [1.54, 1.807) is 30.5 Å². The summed E-state index contributed by atoms with van der Waals surface area (Å²) in [5.41, 5.74) is 3.01. The highest BCUT2D eigenvalue weighted by molar-refractivity contribution is 7.13. The molecule has 1 N–H and O–H groups in total. The Morgan fingerprint density at radius 1 is 1.39 bits per heavy atom. The van der Waals surface area contributed by atoms with Gasteiger partial charge in [0.15, 0.2) is 0 Å². The molecule has 0 spiro atoms. The van der Waals surface area contributed by atoms with Gasteiger partial charge >= 0.3 is 0 Å². The Kier molecular flexibility index (Phi) is 3.62. The summed E-state index contributed by atoms with van der Waals surface area (Å²) >= 11 is 1.62. The molecule has 2 heterocycles. The molecule has 0 atom stereocenters. The van der Waals surface area contributed by atoms with E-state index in [1.165, 1.54) is 4.88 Å². The third kappa shape index (κ3) is 2.87. The van der Waals surface area contributed by atoms with Crippen LogP contribution < -0.4 is 5.43 Å². The quantitative estimate of drug-likeness (QED) is 0.682. The van der Waals surface area contributed by atoms with Crippen molar-refractivity contribution in [1.82, 2.24) is 5.43 Å². The van der Waals surface area contributed by atoms with Crippen LogP contribution in [-0.4, -0.2) is 12.1 Å². The van der Waals surface area contributed by atoms with E-state index in [2.05, 4.69) is 10.5 Å². The van der Waals surface area contributed by atoms with Crippen LogP contribution in [0.4, 0.5) is 0 Å². The molecular formula is C13H14N2O2S. The van der Waals surface area contributed by atoms with Gasteiger partial charge in [-0.05, 0) is 39.0 Å². The highest BCUT2D eigenvalue weighted by atomic mass is 32.1. The van der Waals surface area contributed by atoms with Crippen LogP contribution in [0.2, 0.25) is 0 Å².